The van der Waals surface area contributed by atoms with Crippen molar-refractivity contribution in [2.75, 3.05) is 46.6 Å². The Hall–Kier alpha value is -4.46. The van der Waals surface area contributed by atoms with E-state index in [-0.39, 0.29) is 36.4 Å². The number of esters is 1. The highest BCUT2D eigenvalue weighted by Crippen LogP contribution is 2.53. The molecule has 3 aromatic heterocycles. The number of hydrogen-bond acceptors (Lipinski definition) is 12. The van der Waals surface area contributed by atoms with Gasteiger partial charge in [-0.15, -0.1) is 11.3 Å². The van der Waals surface area contributed by atoms with E-state index in [1.807, 2.05) is 39.1 Å². The third-order valence-electron chi connectivity index (χ3n) is 14.8. The highest BCUT2D eigenvalue weighted by Gasteiger charge is 2.62. The lowest BCUT2D eigenvalue weighted by Crippen LogP contribution is -2.68. The Morgan fingerprint density at radius 2 is 1.94 bits per heavy atom. The number of rotatable bonds is 7. The molecule has 1 spiro atoms. The van der Waals surface area contributed by atoms with Gasteiger partial charge in [0.25, 0.3) is 11.8 Å². The van der Waals surface area contributed by atoms with Crippen molar-refractivity contribution in [3.63, 3.8) is 0 Å². The molecule has 7 aliphatic rings. The Labute approximate surface area is 385 Å². The Morgan fingerprint density at radius 1 is 1.14 bits per heavy atom. The number of amides is 2. The second kappa shape index (κ2) is 16.9. The summed E-state index contributed by atoms with van der Waals surface area (Å²) >= 11 is 1.37. The largest absolute Gasteiger partial charge is 0.464 e. The molecule has 354 valence electrons. The Morgan fingerprint density at radius 3 is 2.65 bits per heavy atom. The topological polar surface area (TPSA) is 149 Å². The highest BCUT2D eigenvalue weighted by atomic mass is 32.1. The van der Waals surface area contributed by atoms with Crippen LogP contribution in [0.15, 0.2) is 41.9 Å². The third kappa shape index (κ3) is 8.22. The fourth-order valence-electron chi connectivity index (χ4n) is 11.3. The molecule has 8 bridgehead atoms. The number of alkyl halides is 3. The summed E-state index contributed by atoms with van der Waals surface area (Å²) in [4.78, 5) is 55.8. The molecular formula is C48H58F3N7O7S. The van der Waals surface area contributed by atoms with Gasteiger partial charge in [0.05, 0.1) is 48.5 Å². The zero-order chi connectivity index (χ0) is 46.3. The number of hydrogen-bond donors (Lipinski definition) is 2. The molecule has 0 unspecified atom stereocenters. The van der Waals surface area contributed by atoms with Gasteiger partial charge in [0.15, 0.2) is 0 Å². The van der Waals surface area contributed by atoms with Gasteiger partial charge in [-0.2, -0.15) is 13.2 Å². The van der Waals surface area contributed by atoms with Gasteiger partial charge in [0.2, 0.25) is 0 Å². The summed E-state index contributed by atoms with van der Waals surface area (Å²) in [6, 6.07) is 6.18. The van der Waals surface area contributed by atoms with Gasteiger partial charge >= 0.3 is 12.1 Å². The number of cyclic esters (lactones) is 1. The summed E-state index contributed by atoms with van der Waals surface area (Å²) in [5.41, 5.74) is 4.89. The molecule has 18 heteroatoms. The number of nitrogens with one attached hydrogen (secondary N) is 2. The molecule has 2 N–H and O–H groups in total. The molecule has 1 saturated carbocycles. The smallest absolute Gasteiger partial charge is 0.406 e. The number of halogens is 3. The summed E-state index contributed by atoms with van der Waals surface area (Å²) in [6.45, 7) is 9.14. The van der Waals surface area contributed by atoms with Crippen LogP contribution in [-0.4, -0.2) is 119 Å². The molecular weight excluding hydrogens is 876 g/mol. The standard InChI is InChI=1S/C48H58F3N7O7S/c1-27-30-18-47(19-30,65-27)44(61)54-38-40(56-22-46(23-56)13-8-16-63-26-46)41-53-35(21-66-41)29-11-12-36-32(17-29)33(20-45(3,4)25-64-43(60)34-10-7-15-58(55-34)42(38)59)39(57(36)24-48(49,50)51)31-9-6-14-52-37(31)28(2)62-5/h6,9,11-12,14,17,21,27-28,30,34,38,40,55H,7-8,10,13,15-16,18-20,22-26H2,1-5H3,(H,54,61)/t27-,28-,30?,34-,38-,40-,47?/m0/s1. The number of pyridine rings is 1. The van der Waals surface area contributed by atoms with Crippen LogP contribution in [0.2, 0.25) is 0 Å². The Bertz CT molecular complexity index is 2520. The lowest BCUT2D eigenvalue weighted by molar-refractivity contribution is -0.161. The number of thiazole rings is 1. The summed E-state index contributed by atoms with van der Waals surface area (Å²) in [5.74, 6) is -1.02. The van der Waals surface area contributed by atoms with E-state index < -0.39 is 59.8 Å². The van der Waals surface area contributed by atoms with Crippen LogP contribution in [0.5, 0.6) is 0 Å². The minimum Gasteiger partial charge on any atom is -0.464 e. The summed E-state index contributed by atoms with van der Waals surface area (Å²) in [5, 5.41) is 7.75. The first-order chi connectivity index (χ1) is 31.5. The second-order valence-corrected chi connectivity index (χ2v) is 21.2. The number of carbonyl (C=O) groups is 3. The van der Waals surface area contributed by atoms with Gasteiger partial charge in [-0.25, -0.2) is 10.4 Å². The predicted octanol–water partition coefficient (Wildman–Crippen LogP) is 6.92. The van der Waals surface area contributed by atoms with Gasteiger partial charge in [0.1, 0.15) is 29.2 Å². The van der Waals surface area contributed by atoms with Crippen LogP contribution in [0.3, 0.4) is 0 Å². The summed E-state index contributed by atoms with van der Waals surface area (Å²) < 4.78 is 69.6. The minimum atomic E-state index is -4.58. The number of carbonyl (C=O) groups excluding carboxylic acids is 3. The van der Waals surface area contributed by atoms with Crippen molar-refractivity contribution in [1.29, 1.82) is 0 Å². The first kappa shape index (κ1) is 45.3. The van der Waals surface area contributed by atoms with Crippen molar-refractivity contribution in [1.82, 2.24) is 35.2 Å². The van der Waals surface area contributed by atoms with Crippen LogP contribution < -0.4 is 10.7 Å². The lowest BCUT2D eigenvalue weighted by atomic mass is 9.72. The van der Waals surface area contributed by atoms with Crippen molar-refractivity contribution in [2.45, 2.75) is 121 Å². The van der Waals surface area contributed by atoms with Gasteiger partial charge in [-0.05, 0) is 94.5 Å². The molecule has 1 aliphatic carbocycles. The zero-order valence-electron chi connectivity index (χ0n) is 38.0. The number of ether oxygens (including phenoxy) is 4. The van der Waals surface area contributed by atoms with Crippen LogP contribution >= 0.6 is 11.3 Å². The fraction of sp³-hybridized carbons (Fsp3) is 0.604. The second-order valence-electron chi connectivity index (χ2n) is 20.4. The zero-order valence-corrected chi connectivity index (χ0v) is 38.9. The van der Waals surface area contributed by atoms with E-state index in [2.05, 4.69) is 20.6 Å². The average molecular weight is 934 g/mol. The van der Waals surface area contributed by atoms with Crippen molar-refractivity contribution in [3.8, 4) is 22.5 Å². The van der Waals surface area contributed by atoms with Gasteiger partial charge < -0.3 is 28.8 Å². The van der Waals surface area contributed by atoms with Gasteiger partial charge in [0, 0.05) is 77.8 Å². The van der Waals surface area contributed by atoms with Crippen molar-refractivity contribution < 1.29 is 46.5 Å². The number of hydrazine groups is 1. The van der Waals surface area contributed by atoms with E-state index in [1.54, 1.807) is 30.5 Å². The molecule has 6 aliphatic heterocycles. The maximum absolute atomic E-state index is 15.2. The molecule has 0 radical (unpaired) electrons. The quantitative estimate of drug-likeness (QED) is 0.186. The first-order valence-corrected chi connectivity index (χ1v) is 24.0. The van der Waals surface area contributed by atoms with Crippen LogP contribution in [0, 0.1) is 16.7 Å². The lowest BCUT2D eigenvalue weighted by Gasteiger charge is -2.55. The molecule has 11 rings (SSSR count). The van der Waals surface area contributed by atoms with Crippen LogP contribution in [0.1, 0.15) is 94.6 Å². The van der Waals surface area contributed by atoms with E-state index in [0.29, 0.717) is 108 Å². The molecule has 5 atom stereocenters. The molecule has 2 amide bonds. The third-order valence-corrected chi connectivity index (χ3v) is 15.7. The monoisotopic (exact) mass is 933 g/mol. The molecule has 6 fully saturated rings. The number of aromatic nitrogens is 3. The van der Waals surface area contributed by atoms with Gasteiger partial charge in [-0.3, -0.25) is 29.3 Å². The van der Waals surface area contributed by atoms with Crippen molar-refractivity contribution in [3.05, 3.63) is 58.2 Å². The fourth-order valence-corrected chi connectivity index (χ4v) is 12.3. The highest BCUT2D eigenvalue weighted by molar-refractivity contribution is 7.10. The number of nitrogens with zero attached hydrogens (tertiary/aromatic N) is 5. The van der Waals surface area contributed by atoms with E-state index in [1.165, 1.54) is 28.0 Å². The molecule has 5 saturated heterocycles. The SMILES string of the molecule is CO[C@@H](C)c1ncccc1-c1c2c3cc(ccc3n1CC(F)(F)F)-c1csc(n1)[C@@H](N1CC3(CCCOC3)C1)[C@H](NC(=O)C13CC(C1)[C@H](C)O3)C(=O)N1CCC[C@H](N1)C(=O)OCC(C)(C)C2. The number of fused-ring (bicyclic) bond motifs is 7. The summed E-state index contributed by atoms with van der Waals surface area (Å²) in [7, 11) is 1.54. The maximum Gasteiger partial charge on any atom is 0.406 e. The van der Waals surface area contributed by atoms with Crippen LogP contribution in [-0.2, 0) is 46.3 Å². The molecule has 4 aromatic rings. The van der Waals surface area contributed by atoms with Crippen molar-refractivity contribution >= 4 is 40.0 Å². The average Bonchev–Trinajstić information content (AvgIpc) is 4.04. The molecule has 14 nitrogen and oxygen atoms in total. The van der Waals surface area contributed by atoms with E-state index >= 15 is 4.79 Å². The molecule has 66 heavy (non-hydrogen) atoms. The Kier molecular flexibility index (Phi) is 11.6. The first-order valence-electron chi connectivity index (χ1n) is 23.2. The van der Waals surface area contributed by atoms with Gasteiger partial charge in [-0.1, -0.05) is 19.9 Å². The van der Waals surface area contributed by atoms with E-state index in [4.69, 9.17) is 23.9 Å². The predicted molar refractivity (Wildman–Crippen MR) is 239 cm³/mol. The van der Waals surface area contributed by atoms with E-state index in [9.17, 15) is 22.8 Å². The van der Waals surface area contributed by atoms with E-state index in [0.717, 1.165) is 12.8 Å². The number of benzene rings is 1. The van der Waals surface area contributed by atoms with Crippen LogP contribution in [0.4, 0.5) is 13.2 Å². The number of likely N-dealkylation sites (tertiary alicyclic amines) is 1. The normalized spacial score (nSPS) is 29.2. The van der Waals surface area contributed by atoms with Crippen LogP contribution in [0.25, 0.3) is 33.4 Å². The maximum atomic E-state index is 15.2. The molecule has 1 aromatic carbocycles. The number of methoxy groups -OCH3 is 1. The minimum absolute atomic E-state index is 0.0600. The van der Waals surface area contributed by atoms with Crippen molar-refractivity contribution in [2.24, 2.45) is 16.7 Å². The Balaban J connectivity index is 1.14. The summed E-state index contributed by atoms with van der Waals surface area (Å²) in [6.07, 6.45) is 0.607. The molecule has 9 heterocycles.